The summed E-state index contributed by atoms with van der Waals surface area (Å²) < 4.78 is 0.971. The van der Waals surface area contributed by atoms with Crippen LogP contribution in [0.25, 0.3) is 0 Å². The minimum absolute atomic E-state index is 0.0526. The van der Waals surface area contributed by atoms with Crippen LogP contribution in [-0.2, 0) is 0 Å². The van der Waals surface area contributed by atoms with Gasteiger partial charge in [0.1, 0.15) is 0 Å². The molecule has 0 saturated carbocycles. The number of hydrogen-bond acceptors (Lipinski definition) is 3. The third-order valence-corrected chi connectivity index (χ3v) is 3.17. The molecule has 0 aliphatic rings. The Morgan fingerprint density at radius 3 is 2.71 bits per heavy atom. The summed E-state index contributed by atoms with van der Waals surface area (Å²) in [4.78, 5) is 18.1. The van der Waals surface area contributed by atoms with Gasteiger partial charge in [0.2, 0.25) is 0 Å². The summed E-state index contributed by atoms with van der Waals surface area (Å²) in [5.74, 6) is -0.0526. The van der Waals surface area contributed by atoms with Gasteiger partial charge in [-0.3, -0.25) is 9.78 Å². The van der Waals surface area contributed by atoms with Crippen molar-refractivity contribution in [2.75, 3.05) is 26.2 Å². The topological polar surface area (TPSA) is 45.2 Å². The van der Waals surface area contributed by atoms with E-state index in [-0.39, 0.29) is 5.91 Å². The van der Waals surface area contributed by atoms with Gasteiger partial charge in [0.25, 0.3) is 5.91 Å². The van der Waals surface area contributed by atoms with Crippen molar-refractivity contribution in [2.45, 2.75) is 13.8 Å². The molecule has 4 nitrogen and oxygen atoms in total. The summed E-state index contributed by atoms with van der Waals surface area (Å²) in [6.45, 7) is 7.82. The van der Waals surface area contributed by atoms with Gasteiger partial charge in [0, 0.05) is 29.1 Å². The monoisotopic (exact) mass is 347 g/mol. The fourth-order valence-corrected chi connectivity index (χ4v) is 2.00. The van der Waals surface area contributed by atoms with E-state index in [4.69, 9.17) is 0 Å². The smallest absolute Gasteiger partial charge is 0.252 e. The predicted octanol–water partition coefficient (Wildman–Crippen LogP) is 1.76. The van der Waals surface area contributed by atoms with Crippen LogP contribution in [0.2, 0.25) is 0 Å². The molecule has 0 bridgehead atoms. The van der Waals surface area contributed by atoms with Gasteiger partial charge in [-0.05, 0) is 41.7 Å². The Morgan fingerprint density at radius 1 is 1.41 bits per heavy atom. The van der Waals surface area contributed by atoms with Crippen LogP contribution in [0.15, 0.2) is 18.5 Å². The highest BCUT2D eigenvalue weighted by Gasteiger charge is 2.06. The Labute approximate surface area is 116 Å². The highest BCUT2D eigenvalue weighted by atomic mass is 127. The van der Waals surface area contributed by atoms with E-state index in [0.29, 0.717) is 12.1 Å². The van der Waals surface area contributed by atoms with Gasteiger partial charge in [0.15, 0.2) is 0 Å². The highest BCUT2D eigenvalue weighted by molar-refractivity contribution is 14.1. The summed E-state index contributed by atoms with van der Waals surface area (Å²) in [7, 11) is 0. The van der Waals surface area contributed by atoms with E-state index in [2.05, 4.69) is 51.6 Å². The molecule has 0 radical (unpaired) electrons. The van der Waals surface area contributed by atoms with E-state index in [0.717, 1.165) is 23.2 Å². The fraction of sp³-hybridized carbons (Fsp3) is 0.500. The van der Waals surface area contributed by atoms with Crippen molar-refractivity contribution in [2.24, 2.45) is 0 Å². The number of pyridine rings is 1. The first-order valence-electron chi connectivity index (χ1n) is 5.78. The lowest BCUT2D eigenvalue weighted by molar-refractivity contribution is 0.0948. The van der Waals surface area contributed by atoms with E-state index in [9.17, 15) is 4.79 Å². The van der Waals surface area contributed by atoms with Gasteiger partial charge in [-0.15, -0.1) is 0 Å². The highest BCUT2D eigenvalue weighted by Crippen LogP contribution is 2.05. The second-order valence-electron chi connectivity index (χ2n) is 3.67. The minimum Gasteiger partial charge on any atom is -0.351 e. The third-order valence-electron chi connectivity index (χ3n) is 2.58. The Balaban J connectivity index is 2.40. The van der Waals surface area contributed by atoms with Crippen LogP contribution in [-0.4, -0.2) is 42.0 Å². The van der Waals surface area contributed by atoms with E-state index < -0.39 is 0 Å². The van der Waals surface area contributed by atoms with Crippen LogP contribution in [0.1, 0.15) is 24.2 Å². The average molecular weight is 347 g/mol. The second-order valence-corrected chi connectivity index (χ2v) is 4.92. The zero-order valence-electron chi connectivity index (χ0n) is 10.2. The van der Waals surface area contributed by atoms with Crippen LogP contribution >= 0.6 is 22.6 Å². The number of amides is 1. The maximum atomic E-state index is 11.8. The molecule has 0 unspecified atom stereocenters. The molecule has 0 fully saturated rings. The van der Waals surface area contributed by atoms with Crippen molar-refractivity contribution in [3.63, 3.8) is 0 Å². The van der Waals surface area contributed by atoms with Crippen molar-refractivity contribution in [1.82, 2.24) is 15.2 Å². The van der Waals surface area contributed by atoms with Gasteiger partial charge in [-0.2, -0.15) is 0 Å². The van der Waals surface area contributed by atoms with Crippen molar-refractivity contribution < 1.29 is 4.79 Å². The van der Waals surface area contributed by atoms with Gasteiger partial charge in [-0.1, -0.05) is 13.8 Å². The van der Waals surface area contributed by atoms with E-state index in [1.807, 2.05) is 6.07 Å². The molecule has 1 rings (SSSR count). The third kappa shape index (κ3) is 4.99. The summed E-state index contributed by atoms with van der Waals surface area (Å²) in [6.07, 6.45) is 3.32. The number of aromatic nitrogens is 1. The fourth-order valence-electron chi connectivity index (χ4n) is 1.51. The molecule has 5 heteroatoms. The molecule has 1 aromatic rings. The van der Waals surface area contributed by atoms with Crippen molar-refractivity contribution in [1.29, 1.82) is 0 Å². The van der Waals surface area contributed by atoms with Crippen molar-refractivity contribution >= 4 is 28.5 Å². The standard InChI is InChI=1S/C12H18IN3O/c1-3-16(4-2)6-5-15-12(17)10-7-11(13)9-14-8-10/h7-9H,3-6H2,1-2H3,(H,15,17). The molecule has 1 N–H and O–H groups in total. The normalized spacial score (nSPS) is 10.6. The zero-order valence-corrected chi connectivity index (χ0v) is 12.4. The van der Waals surface area contributed by atoms with Crippen molar-refractivity contribution in [3.05, 3.63) is 27.6 Å². The molecule has 1 aromatic heterocycles. The Morgan fingerprint density at radius 2 is 2.12 bits per heavy atom. The molecular formula is C12H18IN3O. The van der Waals surface area contributed by atoms with Crippen LogP contribution in [0.5, 0.6) is 0 Å². The van der Waals surface area contributed by atoms with E-state index in [1.165, 1.54) is 0 Å². The number of carbonyl (C=O) groups excluding carboxylic acids is 1. The maximum Gasteiger partial charge on any atom is 0.252 e. The number of rotatable bonds is 6. The van der Waals surface area contributed by atoms with Crippen LogP contribution in [0, 0.1) is 3.57 Å². The molecule has 94 valence electrons. The number of carbonyl (C=O) groups is 1. The lowest BCUT2D eigenvalue weighted by Gasteiger charge is -2.17. The van der Waals surface area contributed by atoms with Crippen LogP contribution in [0.3, 0.4) is 0 Å². The quantitative estimate of drug-likeness (QED) is 0.798. The Hall–Kier alpha value is -0.690. The largest absolute Gasteiger partial charge is 0.351 e. The Kier molecular flexibility index (Phi) is 6.43. The SMILES string of the molecule is CCN(CC)CCNC(=O)c1cncc(I)c1. The first-order chi connectivity index (χ1) is 8.17. The minimum atomic E-state index is -0.0526. The molecule has 17 heavy (non-hydrogen) atoms. The average Bonchev–Trinajstić information content (AvgIpc) is 2.34. The molecular weight excluding hydrogens is 329 g/mol. The second kappa shape index (κ2) is 7.60. The van der Waals surface area contributed by atoms with Gasteiger partial charge in [0.05, 0.1) is 5.56 Å². The summed E-state index contributed by atoms with van der Waals surface area (Å²) in [5, 5.41) is 2.90. The number of nitrogens with one attached hydrogen (secondary N) is 1. The molecule has 0 spiro atoms. The van der Waals surface area contributed by atoms with Crippen LogP contribution < -0.4 is 5.32 Å². The molecule has 1 heterocycles. The lowest BCUT2D eigenvalue weighted by atomic mass is 10.3. The summed E-state index contributed by atoms with van der Waals surface area (Å²) in [5.41, 5.74) is 0.622. The number of nitrogens with zero attached hydrogens (tertiary/aromatic N) is 2. The molecule has 0 aliphatic heterocycles. The Bertz CT molecular complexity index is 367. The zero-order chi connectivity index (χ0) is 12.7. The molecule has 1 amide bonds. The van der Waals surface area contributed by atoms with Crippen molar-refractivity contribution in [3.8, 4) is 0 Å². The molecule has 0 aliphatic carbocycles. The lowest BCUT2D eigenvalue weighted by Crippen LogP contribution is -2.34. The first kappa shape index (κ1) is 14.4. The molecule has 0 saturated heterocycles. The number of hydrogen-bond donors (Lipinski definition) is 1. The number of halogens is 1. The van der Waals surface area contributed by atoms with E-state index in [1.54, 1.807) is 12.4 Å². The number of likely N-dealkylation sites (N-methyl/N-ethyl adjacent to an activating group) is 1. The van der Waals surface area contributed by atoms with E-state index >= 15 is 0 Å². The summed E-state index contributed by atoms with van der Waals surface area (Å²) in [6, 6.07) is 1.83. The van der Waals surface area contributed by atoms with Gasteiger partial charge in [-0.25, -0.2) is 0 Å². The van der Waals surface area contributed by atoms with Gasteiger partial charge < -0.3 is 10.2 Å². The first-order valence-corrected chi connectivity index (χ1v) is 6.86. The summed E-state index contributed by atoms with van der Waals surface area (Å²) >= 11 is 2.15. The molecule has 0 atom stereocenters. The maximum absolute atomic E-state index is 11.8. The van der Waals surface area contributed by atoms with Gasteiger partial charge >= 0.3 is 0 Å². The van der Waals surface area contributed by atoms with Crippen LogP contribution in [0.4, 0.5) is 0 Å². The molecule has 0 aromatic carbocycles. The predicted molar refractivity (Wildman–Crippen MR) is 77.1 cm³/mol.